The van der Waals surface area contributed by atoms with Crippen molar-refractivity contribution in [3.63, 3.8) is 0 Å². The zero-order valence-corrected chi connectivity index (χ0v) is 21.0. The predicted molar refractivity (Wildman–Crippen MR) is 130 cm³/mol. The highest BCUT2D eigenvalue weighted by atomic mass is 16.5. The van der Waals surface area contributed by atoms with Crippen molar-refractivity contribution in [3.8, 4) is 0 Å². The van der Waals surface area contributed by atoms with E-state index in [0.29, 0.717) is 26.4 Å². The van der Waals surface area contributed by atoms with Crippen molar-refractivity contribution < 1.29 is 19.4 Å². The minimum Gasteiger partial charge on any atom is -0.465 e. The lowest BCUT2D eigenvalue weighted by Crippen LogP contribution is -2.41. The average molecular weight is 445 g/mol. The summed E-state index contributed by atoms with van der Waals surface area (Å²) in [5, 5.41) is 14.6. The van der Waals surface area contributed by atoms with E-state index < -0.39 is 6.09 Å². The van der Waals surface area contributed by atoms with Crippen LogP contribution in [0.3, 0.4) is 0 Å². The Labute approximate surface area is 192 Å². The van der Waals surface area contributed by atoms with Gasteiger partial charge in [-0.05, 0) is 18.4 Å². The summed E-state index contributed by atoms with van der Waals surface area (Å²) in [4.78, 5) is 10.7. The van der Waals surface area contributed by atoms with Gasteiger partial charge in [0.25, 0.3) is 0 Å². The quantitative estimate of drug-likeness (QED) is 0.179. The van der Waals surface area contributed by atoms with E-state index in [9.17, 15) is 4.79 Å². The van der Waals surface area contributed by atoms with Crippen LogP contribution in [0.2, 0.25) is 0 Å². The SMILES string of the molecule is CCCCCCCCCCCCCCNCCOCCOC(CNC(=O)O)C(C)(C)C. The Morgan fingerprint density at radius 2 is 1.35 bits per heavy atom. The zero-order chi connectivity index (χ0) is 23.2. The second-order valence-corrected chi connectivity index (χ2v) is 9.66. The molecular weight excluding hydrogens is 392 g/mol. The van der Waals surface area contributed by atoms with Crippen LogP contribution in [0.15, 0.2) is 0 Å². The number of carboxylic acid groups (broad SMARTS) is 1. The maximum atomic E-state index is 10.7. The first kappa shape index (κ1) is 30.1. The van der Waals surface area contributed by atoms with Crippen LogP contribution in [-0.2, 0) is 9.47 Å². The Morgan fingerprint density at radius 1 is 0.806 bits per heavy atom. The molecule has 1 unspecified atom stereocenters. The van der Waals surface area contributed by atoms with Crippen LogP contribution in [-0.4, -0.2) is 56.8 Å². The van der Waals surface area contributed by atoms with Crippen LogP contribution < -0.4 is 10.6 Å². The molecule has 0 fully saturated rings. The molecule has 0 bridgehead atoms. The summed E-state index contributed by atoms with van der Waals surface area (Å²) in [6.45, 7) is 12.3. The molecule has 0 saturated carbocycles. The van der Waals surface area contributed by atoms with Crippen molar-refractivity contribution >= 4 is 6.09 Å². The highest BCUT2D eigenvalue weighted by molar-refractivity contribution is 5.64. The Hall–Kier alpha value is -0.850. The van der Waals surface area contributed by atoms with E-state index in [2.05, 4.69) is 17.6 Å². The third-order valence-electron chi connectivity index (χ3n) is 5.58. The molecule has 1 amide bonds. The standard InChI is InChI=1S/C25H52N2O4/c1-5-6-7-8-9-10-11-12-13-14-15-16-17-26-18-19-30-20-21-31-23(25(2,3)4)22-27-24(28)29/h23,26-27H,5-22H2,1-4H3,(H,28,29). The van der Waals surface area contributed by atoms with Gasteiger partial charge >= 0.3 is 6.09 Å². The largest absolute Gasteiger partial charge is 0.465 e. The van der Waals surface area contributed by atoms with Gasteiger partial charge in [-0.15, -0.1) is 0 Å². The third-order valence-corrected chi connectivity index (χ3v) is 5.58. The number of rotatable bonds is 22. The highest BCUT2D eigenvalue weighted by Gasteiger charge is 2.25. The molecule has 186 valence electrons. The lowest BCUT2D eigenvalue weighted by Gasteiger charge is -2.30. The number of hydrogen-bond acceptors (Lipinski definition) is 4. The van der Waals surface area contributed by atoms with Crippen molar-refractivity contribution in [3.05, 3.63) is 0 Å². The molecule has 0 aromatic rings. The molecule has 0 aromatic carbocycles. The van der Waals surface area contributed by atoms with Gasteiger partial charge in [-0.3, -0.25) is 0 Å². The Balaban J connectivity index is 3.34. The fourth-order valence-electron chi connectivity index (χ4n) is 3.51. The summed E-state index contributed by atoms with van der Waals surface area (Å²) in [6, 6.07) is 0. The van der Waals surface area contributed by atoms with Crippen LogP contribution in [0.25, 0.3) is 0 Å². The minimum absolute atomic E-state index is 0.127. The first-order chi connectivity index (χ1) is 14.9. The maximum Gasteiger partial charge on any atom is 0.404 e. The molecule has 6 nitrogen and oxygen atoms in total. The van der Waals surface area contributed by atoms with Gasteiger partial charge in [0, 0.05) is 13.1 Å². The average Bonchev–Trinajstić information content (AvgIpc) is 2.70. The second kappa shape index (κ2) is 21.0. The van der Waals surface area contributed by atoms with Gasteiger partial charge in [-0.25, -0.2) is 4.79 Å². The number of nitrogens with one attached hydrogen (secondary N) is 2. The van der Waals surface area contributed by atoms with E-state index in [4.69, 9.17) is 14.6 Å². The van der Waals surface area contributed by atoms with Gasteiger partial charge in [-0.2, -0.15) is 0 Å². The lowest BCUT2D eigenvalue weighted by atomic mass is 9.89. The first-order valence-electron chi connectivity index (χ1n) is 12.7. The molecule has 1 atom stereocenters. The first-order valence-corrected chi connectivity index (χ1v) is 12.7. The van der Waals surface area contributed by atoms with Crippen molar-refractivity contribution in [2.24, 2.45) is 5.41 Å². The van der Waals surface area contributed by atoms with Crippen molar-refractivity contribution in [1.82, 2.24) is 10.6 Å². The summed E-state index contributed by atoms with van der Waals surface area (Å²) in [5.74, 6) is 0. The van der Waals surface area contributed by atoms with Crippen molar-refractivity contribution in [2.45, 2.75) is 111 Å². The molecule has 31 heavy (non-hydrogen) atoms. The Kier molecular flexibility index (Phi) is 20.4. The van der Waals surface area contributed by atoms with E-state index in [1.54, 1.807) is 0 Å². The van der Waals surface area contributed by atoms with Crippen LogP contribution >= 0.6 is 0 Å². The summed E-state index contributed by atoms with van der Waals surface area (Å²) in [5.41, 5.74) is -0.127. The molecule has 0 heterocycles. The van der Waals surface area contributed by atoms with Crippen LogP contribution in [0, 0.1) is 5.41 Å². The topological polar surface area (TPSA) is 79.8 Å². The van der Waals surface area contributed by atoms with Crippen molar-refractivity contribution in [2.75, 3.05) is 39.5 Å². The van der Waals surface area contributed by atoms with Gasteiger partial charge in [0.1, 0.15) is 0 Å². The van der Waals surface area contributed by atoms with Crippen LogP contribution in [0.1, 0.15) is 105 Å². The normalized spacial score (nSPS) is 12.8. The zero-order valence-electron chi connectivity index (χ0n) is 21.0. The lowest BCUT2D eigenvalue weighted by molar-refractivity contribution is -0.0408. The molecule has 6 heteroatoms. The Bertz CT molecular complexity index is 399. The molecule has 0 spiro atoms. The maximum absolute atomic E-state index is 10.7. The molecule has 0 aliphatic carbocycles. The molecule has 0 radical (unpaired) electrons. The molecule has 0 aliphatic heterocycles. The smallest absolute Gasteiger partial charge is 0.404 e. The summed E-state index contributed by atoms with van der Waals surface area (Å²) < 4.78 is 11.4. The van der Waals surface area contributed by atoms with Gasteiger partial charge in [-0.1, -0.05) is 98.3 Å². The molecule has 0 aliphatic rings. The van der Waals surface area contributed by atoms with Crippen LogP contribution in [0.4, 0.5) is 4.79 Å². The molecule has 0 rings (SSSR count). The summed E-state index contributed by atoms with van der Waals surface area (Å²) in [6.07, 6.45) is 15.4. The highest BCUT2D eigenvalue weighted by Crippen LogP contribution is 2.21. The van der Waals surface area contributed by atoms with Gasteiger partial charge in [0.2, 0.25) is 0 Å². The minimum atomic E-state index is -1.02. The number of carbonyl (C=O) groups is 1. The monoisotopic (exact) mass is 444 g/mol. The van der Waals surface area contributed by atoms with E-state index >= 15 is 0 Å². The van der Waals surface area contributed by atoms with E-state index in [1.807, 2.05) is 20.8 Å². The van der Waals surface area contributed by atoms with Gasteiger partial charge in [0.05, 0.1) is 25.9 Å². The van der Waals surface area contributed by atoms with Crippen molar-refractivity contribution in [1.29, 1.82) is 0 Å². The van der Waals surface area contributed by atoms with Gasteiger partial charge in [0.15, 0.2) is 0 Å². The fourth-order valence-corrected chi connectivity index (χ4v) is 3.51. The third kappa shape index (κ3) is 22.1. The predicted octanol–water partition coefficient (Wildman–Crippen LogP) is 5.99. The molecule has 0 saturated heterocycles. The Morgan fingerprint density at radius 3 is 1.87 bits per heavy atom. The molecular formula is C25H52N2O4. The van der Waals surface area contributed by atoms with E-state index in [-0.39, 0.29) is 11.5 Å². The number of hydrogen-bond donors (Lipinski definition) is 3. The van der Waals surface area contributed by atoms with E-state index in [1.165, 1.54) is 77.0 Å². The number of amides is 1. The second-order valence-electron chi connectivity index (χ2n) is 9.66. The van der Waals surface area contributed by atoms with Crippen LogP contribution in [0.5, 0.6) is 0 Å². The summed E-state index contributed by atoms with van der Waals surface area (Å²) in [7, 11) is 0. The molecule has 3 N–H and O–H groups in total. The van der Waals surface area contributed by atoms with E-state index in [0.717, 1.165) is 13.1 Å². The fraction of sp³-hybridized carbons (Fsp3) is 0.960. The number of ether oxygens (including phenoxy) is 2. The van der Waals surface area contributed by atoms with Gasteiger partial charge < -0.3 is 25.2 Å². The molecule has 0 aromatic heterocycles. The summed E-state index contributed by atoms with van der Waals surface area (Å²) >= 11 is 0. The number of unbranched alkanes of at least 4 members (excludes halogenated alkanes) is 11.